The number of fused-ring (bicyclic) bond motifs is 3. The van der Waals surface area contributed by atoms with E-state index in [-0.39, 0.29) is 16.5 Å². The molecule has 0 fully saturated rings. The fourth-order valence-corrected chi connectivity index (χ4v) is 3.83. The van der Waals surface area contributed by atoms with E-state index >= 15 is 0 Å². The molecule has 3 aromatic rings. The summed E-state index contributed by atoms with van der Waals surface area (Å²) in [6.45, 7) is 2.23. The second kappa shape index (κ2) is 8.44. The second-order valence-corrected chi connectivity index (χ2v) is 7.46. The van der Waals surface area contributed by atoms with E-state index in [2.05, 4.69) is 10.2 Å². The highest BCUT2D eigenvalue weighted by Gasteiger charge is 2.43. The third-order valence-corrected chi connectivity index (χ3v) is 5.11. The Morgan fingerprint density at radius 3 is 2.72 bits per heavy atom. The van der Waals surface area contributed by atoms with E-state index in [1.807, 2.05) is 6.92 Å². The number of hydrogen-bond donors (Lipinski definition) is 1. The van der Waals surface area contributed by atoms with Gasteiger partial charge in [0.2, 0.25) is 5.82 Å². The van der Waals surface area contributed by atoms with Crippen LogP contribution in [-0.2, 0) is 15.7 Å². The topological polar surface area (TPSA) is 86.5 Å². The molecule has 11 heteroatoms. The van der Waals surface area contributed by atoms with Crippen LogP contribution in [0, 0.1) is 0 Å². The zero-order valence-electron chi connectivity index (χ0n) is 16.6. The summed E-state index contributed by atoms with van der Waals surface area (Å²) in [5, 5.41) is 16.6. The second-order valence-electron chi connectivity index (χ2n) is 7.03. The molecule has 0 saturated carbocycles. The highest BCUT2D eigenvalue weighted by molar-refractivity contribution is 6.30. The smallest absolute Gasteiger partial charge is 0.452 e. The fraction of sp³-hybridized carbons (Fsp3) is 0.286. The zero-order chi connectivity index (χ0) is 23.0. The van der Waals surface area contributed by atoms with Crippen LogP contribution in [0.5, 0.6) is 5.75 Å². The van der Waals surface area contributed by atoms with Gasteiger partial charge in [0.15, 0.2) is 5.82 Å². The molecular weight excluding hydrogens is 451 g/mol. The van der Waals surface area contributed by atoms with Crippen LogP contribution in [0.4, 0.5) is 13.2 Å². The van der Waals surface area contributed by atoms with Crippen LogP contribution in [0.2, 0.25) is 5.02 Å². The van der Waals surface area contributed by atoms with Crippen molar-refractivity contribution in [2.75, 3.05) is 6.61 Å². The number of benzene rings is 2. The van der Waals surface area contributed by atoms with Gasteiger partial charge in [-0.05, 0) is 42.8 Å². The number of aliphatic carboxylic acids is 1. The van der Waals surface area contributed by atoms with Crippen LogP contribution < -0.4 is 4.74 Å². The van der Waals surface area contributed by atoms with Gasteiger partial charge in [-0.3, -0.25) is 9.36 Å². The van der Waals surface area contributed by atoms with Gasteiger partial charge in [0.05, 0.1) is 18.7 Å². The minimum absolute atomic E-state index is 0.0985. The maximum absolute atomic E-state index is 13.7. The maximum Gasteiger partial charge on any atom is 0.452 e. The first kappa shape index (κ1) is 22.1. The molecule has 0 aliphatic carbocycles. The lowest BCUT2D eigenvalue weighted by Crippen LogP contribution is -2.17. The van der Waals surface area contributed by atoms with Gasteiger partial charge in [0, 0.05) is 10.6 Å². The van der Waals surface area contributed by atoms with Gasteiger partial charge < -0.3 is 14.6 Å². The number of halogens is 4. The van der Waals surface area contributed by atoms with Gasteiger partial charge in [-0.2, -0.15) is 13.2 Å². The summed E-state index contributed by atoms with van der Waals surface area (Å²) >= 11 is 6.18. The maximum atomic E-state index is 13.7. The Kier molecular flexibility index (Phi) is 5.83. The van der Waals surface area contributed by atoms with Crippen LogP contribution in [0.15, 0.2) is 42.5 Å². The minimum atomic E-state index is -4.83. The van der Waals surface area contributed by atoms with Crippen LogP contribution >= 0.6 is 11.6 Å². The zero-order valence-corrected chi connectivity index (χ0v) is 17.4. The molecular formula is C21H17ClF3N3O4. The molecule has 0 saturated heterocycles. The summed E-state index contributed by atoms with van der Waals surface area (Å²) in [6, 6.07) is 11.2. The molecule has 2 aromatic carbocycles. The van der Waals surface area contributed by atoms with Crippen LogP contribution in [0.25, 0.3) is 5.69 Å². The van der Waals surface area contributed by atoms with E-state index < -0.39 is 36.6 Å². The van der Waals surface area contributed by atoms with E-state index in [9.17, 15) is 23.1 Å². The van der Waals surface area contributed by atoms with E-state index in [4.69, 9.17) is 21.1 Å². The highest BCUT2D eigenvalue weighted by atomic mass is 35.5. The van der Waals surface area contributed by atoms with Crippen molar-refractivity contribution in [1.29, 1.82) is 0 Å². The lowest BCUT2D eigenvalue weighted by atomic mass is 9.99. The molecule has 1 aromatic heterocycles. The van der Waals surface area contributed by atoms with Gasteiger partial charge in [0.25, 0.3) is 0 Å². The molecule has 4 rings (SSSR count). The molecule has 2 atom stereocenters. The number of hydrogen-bond acceptors (Lipinski definition) is 5. The Hall–Kier alpha value is -3.11. The highest BCUT2D eigenvalue weighted by Crippen LogP contribution is 2.44. The quantitative estimate of drug-likeness (QED) is 0.570. The van der Waals surface area contributed by atoms with Gasteiger partial charge in [0.1, 0.15) is 18.0 Å². The molecule has 1 aliphatic rings. The van der Waals surface area contributed by atoms with E-state index in [1.54, 1.807) is 24.3 Å². The largest absolute Gasteiger partial charge is 0.494 e. The molecule has 0 radical (unpaired) electrons. The Labute approximate surface area is 185 Å². The third-order valence-electron chi connectivity index (χ3n) is 4.87. The Morgan fingerprint density at radius 1 is 1.25 bits per heavy atom. The number of rotatable bonds is 5. The van der Waals surface area contributed by atoms with Crippen molar-refractivity contribution in [3.8, 4) is 11.4 Å². The summed E-state index contributed by atoms with van der Waals surface area (Å²) in [4.78, 5) is 11.5. The first-order chi connectivity index (χ1) is 15.2. The average molecular weight is 468 g/mol. The standard InChI is InChI=1S/C21H17ClF3N3O4/c1-2-31-13-5-3-4-11(8-13)18-14-9-12(22)6-7-15(14)28-19(16(32-18)10-17(29)30)26-27-20(28)21(23,24)25/h3-9,16,18H,2,10H2,1H3,(H,29,30)/t16-,18-/m0/s1. The first-order valence-corrected chi connectivity index (χ1v) is 9.99. The van der Waals surface area contributed by atoms with Crippen LogP contribution in [-0.4, -0.2) is 32.4 Å². The van der Waals surface area contributed by atoms with Gasteiger partial charge >= 0.3 is 12.1 Å². The number of carbonyl (C=O) groups is 1. The molecule has 0 unspecified atom stereocenters. The number of aromatic nitrogens is 3. The van der Waals surface area contributed by atoms with Crippen molar-refractivity contribution in [1.82, 2.24) is 14.8 Å². The summed E-state index contributed by atoms with van der Waals surface area (Å²) in [5.74, 6) is -2.26. The summed E-state index contributed by atoms with van der Waals surface area (Å²) in [5.41, 5.74) is 0.967. The van der Waals surface area contributed by atoms with Gasteiger partial charge in [-0.25, -0.2) is 0 Å². The van der Waals surface area contributed by atoms with E-state index in [0.29, 0.717) is 23.5 Å². The third kappa shape index (κ3) is 4.15. The molecule has 1 aliphatic heterocycles. The number of ether oxygens (including phenoxy) is 2. The average Bonchev–Trinajstić information content (AvgIpc) is 3.12. The fourth-order valence-electron chi connectivity index (χ4n) is 3.65. The van der Waals surface area contributed by atoms with Crippen molar-refractivity contribution in [2.45, 2.75) is 31.7 Å². The predicted molar refractivity (Wildman–Crippen MR) is 107 cm³/mol. The Bertz CT molecular complexity index is 1170. The van der Waals surface area contributed by atoms with Crippen molar-refractivity contribution in [2.24, 2.45) is 0 Å². The Morgan fingerprint density at radius 2 is 2.03 bits per heavy atom. The minimum Gasteiger partial charge on any atom is -0.494 e. The number of nitrogens with zero attached hydrogens (tertiary/aromatic N) is 3. The normalized spacial score (nSPS) is 17.9. The molecule has 168 valence electrons. The lowest BCUT2D eigenvalue weighted by molar-refractivity contribution is -0.146. The van der Waals surface area contributed by atoms with E-state index in [1.165, 1.54) is 18.2 Å². The lowest BCUT2D eigenvalue weighted by Gasteiger charge is -2.22. The molecule has 0 bridgehead atoms. The van der Waals surface area contributed by atoms with Crippen molar-refractivity contribution >= 4 is 17.6 Å². The number of carboxylic acid groups (broad SMARTS) is 1. The van der Waals surface area contributed by atoms with Crippen LogP contribution in [0.1, 0.15) is 48.3 Å². The first-order valence-electron chi connectivity index (χ1n) is 9.61. The number of alkyl halides is 3. The summed E-state index contributed by atoms with van der Waals surface area (Å²) < 4.78 is 53.6. The molecule has 2 heterocycles. The van der Waals surface area contributed by atoms with Crippen molar-refractivity contribution in [3.05, 3.63) is 70.3 Å². The van der Waals surface area contributed by atoms with Gasteiger partial charge in [-0.1, -0.05) is 23.7 Å². The van der Waals surface area contributed by atoms with Gasteiger partial charge in [-0.15, -0.1) is 10.2 Å². The Balaban J connectivity index is 1.97. The van der Waals surface area contributed by atoms with Crippen molar-refractivity contribution in [3.63, 3.8) is 0 Å². The molecule has 1 N–H and O–H groups in total. The van der Waals surface area contributed by atoms with E-state index in [0.717, 1.165) is 4.57 Å². The molecule has 0 spiro atoms. The van der Waals surface area contributed by atoms with Crippen LogP contribution in [0.3, 0.4) is 0 Å². The SMILES string of the molecule is CCOc1cccc([C@@H]2O[C@@H](CC(=O)O)c3nnc(C(F)(F)F)n3-c3ccc(Cl)cc32)c1. The molecule has 32 heavy (non-hydrogen) atoms. The predicted octanol–water partition coefficient (Wildman–Crippen LogP) is 4.97. The van der Waals surface area contributed by atoms with Crippen molar-refractivity contribution < 1.29 is 32.5 Å². The summed E-state index contributed by atoms with van der Waals surface area (Å²) in [7, 11) is 0. The summed E-state index contributed by atoms with van der Waals surface area (Å²) in [6.07, 6.45) is -7.68. The molecule has 7 nitrogen and oxygen atoms in total. The molecule has 0 amide bonds. The monoisotopic (exact) mass is 467 g/mol. The number of carboxylic acids is 1.